The predicted octanol–water partition coefficient (Wildman–Crippen LogP) is 0.843. The molecule has 100 valence electrons. The molecule has 0 bridgehead atoms. The van der Waals surface area contributed by atoms with E-state index in [0.29, 0.717) is 24.3 Å². The number of anilines is 1. The lowest BCUT2D eigenvalue weighted by molar-refractivity contribution is 0.491. The minimum Gasteiger partial charge on any atom is -0.357 e. The lowest BCUT2D eigenvalue weighted by Gasteiger charge is -2.11. The van der Waals surface area contributed by atoms with E-state index in [9.17, 15) is 8.42 Å². The first-order valence-electron chi connectivity index (χ1n) is 6.02. The van der Waals surface area contributed by atoms with Crippen LogP contribution in [0.1, 0.15) is 19.8 Å². The molecule has 0 spiro atoms. The van der Waals surface area contributed by atoms with Crippen LogP contribution >= 0.6 is 0 Å². The van der Waals surface area contributed by atoms with E-state index < -0.39 is 10.0 Å². The highest BCUT2D eigenvalue weighted by Gasteiger charge is 2.28. The maximum Gasteiger partial charge on any atom is 0.243 e. The van der Waals surface area contributed by atoms with E-state index in [4.69, 9.17) is 0 Å². The van der Waals surface area contributed by atoms with E-state index in [2.05, 4.69) is 26.9 Å². The molecule has 1 atom stereocenters. The molecule has 2 rings (SSSR count). The van der Waals surface area contributed by atoms with Gasteiger partial charge in [-0.1, -0.05) is 6.92 Å². The van der Waals surface area contributed by atoms with Gasteiger partial charge in [-0.3, -0.25) is 0 Å². The summed E-state index contributed by atoms with van der Waals surface area (Å²) in [6.45, 7) is 2.54. The van der Waals surface area contributed by atoms with Gasteiger partial charge in [0.15, 0.2) is 0 Å². The Hall–Kier alpha value is -1.21. The molecule has 1 saturated carbocycles. The summed E-state index contributed by atoms with van der Waals surface area (Å²) in [5, 5.41) is 2.74. The third kappa shape index (κ3) is 3.17. The van der Waals surface area contributed by atoms with Gasteiger partial charge in [-0.15, -0.1) is 0 Å². The first-order valence-corrected chi connectivity index (χ1v) is 7.50. The summed E-state index contributed by atoms with van der Waals surface area (Å²) in [6.07, 6.45) is 5.04. The van der Waals surface area contributed by atoms with E-state index in [1.807, 2.05) is 0 Å². The van der Waals surface area contributed by atoms with Crippen molar-refractivity contribution >= 4 is 16.0 Å². The first-order chi connectivity index (χ1) is 8.53. The molecule has 6 nitrogen and oxygen atoms in total. The fourth-order valence-corrected chi connectivity index (χ4v) is 2.77. The normalized spacial score (nSPS) is 17.4. The van der Waals surface area contributed by atoms with Crippen LogP contribution < -0.4 is 10.0 Å². The lowest BCUT2D eigenvalue weighted by Crippen LogP contribution is -2.29. The van der Waals surface area contributed by atoms with Gasteiger partial charge in [-0.25, -0.2) is 23.1 Å². The van der Waals surface area contributed by atoms with E-state index >= 15 is 0 Å². The number of aromatic nitrogens is 2. The minimum atomic E-state index is -3.49. The predicted molar refractivity (Wildman–Crippen MR) is 68.7 cm³/mol. The molecule has 1 aromatic heterocycles. The van der Waals surface area contributed by atoms with Gasteiger partial charge < -0.3 is 5.32 Å². The van der Waals surface area contributed by atoms with Gasteiger partial charge in [0.25, 0.3) is 0 Å². The Morgan fingerprint density at radius 3 is 2.50 bits per heavy atom. The van der Waals surface area contributed by atoms with Crippen molar-refractivity contribution in [1.29, 1.82) is 0 Å². The molecular formula is C11H18N4O2S. The zero-order valence-corrected chi connectivity index (χ0v) is 11.4. The molecule has 1 aliphatic rings. The highest BCUT2D eigenvalue weighted by atomic mass is 32.2. The standard InChI is InChI=1S/C11H18N4O2S/c1-8(9-3-4-9)5-15-18(16,17)10-6-13-11(12-2)14-7-10/h6-9,15H,3-5H2,1-2H3,(H,12,13,14). The van der Waals surface area contributed by atoms with Crippen molar-refractivity contribution in [2.45, 2.75) is 24.7 Å². The molecule has 1 fully saturated rings. The Labute approximate surface area is 107 Å². The Morgan fingerprint density at radius 1 is 1.39 bits per heavy atom. The minimum absolute atomic E-state index is 0.101. The molecule has 1 aromatic rings. The second kappa shape index (κ2) is 5.19. The molecule has 1 unspecified atom stereocenters. The number of rotatable bonds is 6. The lowest BCUT2D eigenvalue weighted by atomic mass is 10.1. The SMILES string of the molecule is CNc1ncc(S(=O)(=O)NCC(C)C2CC2)cn1. The average molecular weight is 270 g/mol. The Kier molecular flexibility index (Phi) is 3.82. The van der Waals surface area contributed by atoms with Crippen LogP contribution in [0, 0.1) is 11.8 Å². The smallest absolute Gasteiger partial charge is 0.243 e. The van der Waals surface area contributed by atoms with Crippen molar-refractivity contribution in [3.63, 3.8) is 0 Å². The highest BCUT2D eigenvalue weighted by molar-refractivity contribution is 7.89. The van der Waals surface area contributed by atoms with Crippen LogP contribution in [0.15, 0.2) is 17.3 Å². The third-order valence-corrected chi connectivity index (χ3v) is 4.56. The van der Waals surface area contributed by atoms with E-state index in [1.165, 1.54) is 25.2 Å². The van der Waals surface area contributed by atoms with Crippen molar-refractivity contribution in [3.8, 4) is 0 Å². The van der Waals surface area contributed by atoms with E-state index in [1.54, 1.807) is 7.05 Å². The molecule has 1 aliphatic carbocycles. The molecule has 0 saturated heterocycles. The first kappa shape index (κ1) is 13.2. The van der Waals surface area contributed by atoms with Crippen LogP contribution in [0.3, 0.4) is 0 Å². The fourth-order valence-electron chi connectivity index (χ4n) is 1.74. The topological polar surface area (TPSA) is 84.0 Å². The van der Waals surface area contributed by atoms with Crippen LogP contribution in [-0.4, -0.2) is 32.0 Å². The molecule has 18 heavy (non-hydrogen) atoms. The van der Waals surface area contributed by atoms with Gasteiger partial charge in [0.1, 0.15) is 4.90 Å². The van der Waals surface area contributed by atoms with Crippen LogP contribution in [0.4, 0.5) is 5.95 Å². The monoisotopic (exact) mass is 270 g/mol. The molecular weight excluding hydrogens is 252 g/mol. The van der Waals surface area contributed by atoms with Crippen LogP contribution in [0.5, 0.6) is 0 Å². The zero-order chi connectivity index (χ0) is 13.2. The summed E-state index contributed by atoms with van der Waals surface area (Å²) in [6, 6.07) is 0. The average Bonchev–Trinajstić information content (AvgIpc) is 3.20. The van der Waals surface area contributed by atoms with Gasteiger partial charge >= 0.3 is 0 Å². The van der Waals surface area contributed by atoms with Gasteiger partial charge in [0, 0.05) is 13.6 Å². The summed E-state index contributed by atoms with van der Waals surface area (Å²) in [7, 11) is -1.81. The fraction of sp³-hybridized carbons (Fsp3) is 0.636. The molecule has 0 aliphatic heterocycles. The largest absolute Gasteiger partial charge is 0.357 e. The van der Waals surface area contributed by atoms with Gasteiger partial charge in [-0.2, -0.15) is 0 Å². The van der Waals surface area contributed by atoms with Gasteiger partial charge in [-0.05, 0) is 24.7 Å². The molecule has 0 radical (unpaired) electrons. The van der Waals surface area contributed by atoms with Crippen molar-refractivity contribution in [1.82, 2.24) is 14.7 Å². The van der Waals surface area contributed by atoms with Crippen molar-refractivity contribution in [3.05, 3.63) is 12.4 Å². The molecule has 0 amide bonds. The van der Waals surface area contributed by atoms with Gasteiger partial charge in [0.2, 0.25) is 16.0 Å². The van der Waals surface area contributed by atoms with Crippen molar-refractivity contribution < 1.29 is 8.42 Å². The Morgan fingerprint density at radius 2 is 2.00 bits per heavy atom. The molecule has 1 heterocycles. The maximum atomic E-state index is 12.0. The molecule has 0 aromatic carbocycles. The van der Waals surface area contributed by atoms with Crippen LogP contribution in [0.2, 0.25) is 0 Å². The quantitative estimate of drug-likeness (QED) is 0.800. The van der Waals surface area contributed by atoms with Crippen molar-refractivity contribution in [2.24, 2.45) is 11.8 Å². The summed E-state index contributed by atoms with van der Waals surface area (Å²) < 4.78 is 26.5. The van der Waals surface area contributed by atoms with Crippen LogP contribution in [0.25, 0.3) is 0 Å². The summed E-state index contributed by atoms with van der Waals surface area (Å²) in [4.78, 5) is 7.89. The highest BCUT2D eigenvalue weighted by Crippen LogP contribution is 2.36. The second-order valence-corrected chi connectivity index (χ2v) is 6.43. The van der Waals surface area contributed by atoms with Gasteiger partial charge in [0.05, 0.1) is 12.4 Å². The zero-order valence-electron chi connectivity index (χ0n) is 10.5. The summed E-state index contributed by atoms with van der Waals surface area (Å²) in [5.74, 6) is 1.47. The van der Waals surface area contributed by atoms with E-state index in [0.717, 1.165) is 0 Å². The number of nitrogens with zero attached hydrogens (tertiary/aromatic N) is 2. The van der Waals surface area contributed by atoms with E-state index in [-0.39, 0.29) is 4.90 Å². The van der Waals surface area contributed by atoms with Crippen molar-refractivity contribution in [2.75, 3.05) is 18.9 Å². The maximum absolute atomic E-state index is 12.0. The number of hydrogen-bond acceptors (Lipinski definition) is 5. The Bertz CT molecular complexity index is 496. The van der Waals surface area contributed by atoms with Crippen LogP contribution in [-0.2, 0) is 10.0 Å². The summed E-state index contributed by atoms with van der Waals surface area (Å²) >= 11 is 0. The third-order valence-electron chi connectivity index (χ3n) is 3.18. The second-order valence-electron chi connectivity index (χ2n) is 4.66. The molecule has 2 N–H and O–H groups in total. The molecule has 7 heteroatoms. The number of sulfonamides is 1. The summed E-state index contributed by atoms with van der Waals surface area (Å²) in [5.41, 5.74) is 0. The Balaban J connectivity index is 1.99. The number of hydrogen-bond donors (Lipinski definition) is 2. The number of nitrogens with one attached hydrogen (secondary N) is 2.